The molecule has 2 N–H and O–H groups in total. The second kappa shape index (κ2) is 10.8. The van der Waals surface area contributed by atoms with Crippen LogP contribution in [0.25, 0.3) is 0 Å². The molecule has 0 saturated carbocycles. The molecule has 4 nitrogen and oxygen atoms in total. The molecule has 0 aliphatic rings. The predicted octanol–water partition coefficient (Wildman–Crippen LogP) is 3.09. The highest BCUT2D eigenvalue weighted by molar-refractivity contribution is 14.0. The van der Waals surface area contributed by atoms with Crippen molar-refractivity contribution in [3.8, 4) is 0 Å². The van der Waals surface area contributed by atoms with Crippen molar-refractivity contribution >= 4 is 29.9 Å². The molecule has 0 radical (unpaired) electrons. The Kier molecular flexibility index (Phi) is 10.4. The minimum atomic E-state index is 0. The number of hydrogen-bond acceptors (Lipinski definition) is 2. The third kappa shape index (κ3) is 9.25. The summed E-state index contributed by atoms with van der Waals surface area (Å²) in [7, 11) is 2.08. The smallest absolute Gasteiger partial charge is 0.194 e. The first kappa shape index (κ1) is 21.2. The van der Waals surface area contributed by atoms with Gasteiger partial charge in [0.2, 0.25) is 0 Å². The van der Waals surface area contributed by atoms with Crippen LogP contribution >= 0.6 is 24.0 Å². The Morgan fingerprint density at radius 2 is 1.82 bits per heavy atom. The Hall–Kier alpha value is -0.820. The number of benzene rings is 1. The molecule has 1 rings (SSSR count). The van der Waals surface area contributed by atoms with Crippen LogP contribution in [0.3, 0.4) is 0 Å². The topological polar surface area (TPSA) is 39.7 Å². The van der Waals surface area contributed by atoms with Crippen molar-refractivity contribution < 1.29 is 0 Å². The van der Waals surface area contributed by atoms with Gasteiger partial charge in [0.15, 0.2) is 5.96 Å². The third-order valence-electron chi connectivity index (χ3n) is 2.99. The molecule has 0 atom stereocenters. The molecule has 0 unspecified atom stereocenters. The largest absolute Gasteiger partial charge is 0.357 e. The van der Waals surface area contributed by atoms with Crippen molar-refractivity contribution in [1.29, 1.82) is 0 Å². The van der Waals surface area contributed by atoms with E-state index < -0.39 is 0 Å². The minimum Gasteiger partial charge on any atom is -0.357 e. The standard InChI is InChI=1S/C17H30N4.HI/c1-6-18-16(19-12-13-20-17(2,3)4)21(5)14-15-10-8-7-9-11-15;/h7-11,20H,6,12-14H2,1-5H3,(H,18,19);1H. The summed E-state index contributed by atoms with van der Waals surface area (Å²) in [5, 5.41) is 6.80. The van der Waals surface area contributed by atoms with Gasteiger partial charge in [-0.05, 0) is 33.3 Å². The summed E-state index contributed by atoms with van der Waals surface area (Å²) in [6.45, 7) is 12.0. The molecule has 22 heavy (non-hydrogen) atoms. The van der Waals surface area contributed by atoms with Crippen LogP contribution in [0, 0.1) is 0 Å². The molecular weight excluding hydrogens is 387 g/mol. The van der Waals surface area contributed by atoms with Gasteiger partial charge in [-0.2, -0.15) is 0 Å². The molecule has 1 aromatic rings. The van der Waals surface area contributed by atoms with Crippen LogP contribution in [-0.4, -0.2) is 43.1 Å². The van der Waals surface area contributed by atoms with Crippen LogP contribution in [0.15, 0.2) is 35.3 Å². The molecule has 0 aliphatic heterocycles. The molecule has 0 fully saturated rings. The quantitative estimate of drug-likeness (QED) is 0.323. The average molecular weight is 418 g/mol. The van der Waals surface area contributed by atoms with E-state index in [0.717, 1.165) is 32.1 Å². The molecular formula is C17H31IN4. The minimum absolute atomic E-state index is 0. The van der Waals surface area contributed by atoms with Gasteiger partial charge in [-0.25, -0.2) is 0 Å². The van der Waals surface area contributed by atoms with Crippen LogP contribution in [0.5, 0.6) is 0 Å². The van der Waals surface area contributed by atoms with Crippen LogP contribution < -0.4 is 10.6 Å². The zero-order valence-electron chi connectivity index (χ0n) is 14.5. The third-order valence-corrected chi connectivity index (χ3v) is 2.99. The molecule has 0 aliphatic carbocycles. The van der Waals surface area contributed by atoms with Gasteiger partial charge in [0.05, 0.1) is 6.54 Å². The highest BCUT2D eigenvalue weighted by atomic mass is 127. The molecule has 0 amide bonds. The Bertz CT molecular complexity index is 426. The van der Waals surface area contributed by atoms with E-state index in [0.29, 0.717) is 0 Å². The second-order valence-corrected chi connectivity index (χ2v) is 6.25. The van der Waals surface area contributed by atoms with Crippen LogP contribution in [0.4, 0.5) is 0 Å². The Balaban J connectivity index is 0.00000441. The monoisotopic (exact) mass is 418 g/mol. The van der Waals surface area contributed by atoms with Crippen molar-refractivity contribution in [1.82, 2.24) is 15.5 Å². The van der Waals surface area contributed by atoms with Gasteiger partial charge in [-0.3, -0.25) is 4.99 Å². The number of hydrogen-bond donors (Lipinski definition) is 2. The van der Waals surface area contributed by atoms with Gasteiger partial charge in [-0.15, -0.1) is 24.0 Å². The van der Waals surface area contributed by atoms with Gasteiger partial charge in [0.1, 0.15) is 0 Å². The summed E-state index contributed by atoms with van der Waals surface area (Å²) in [6.07, 6.45) is 0. The number of halogens is 1. The molecule has 1 aromatic carbocycles. The van der Waals surface area contributed by atoms with E-state index in [1.807, 2.05) is 6.07 Å². The maximum Gasteiger partial charge on any atom is 0.194 e. The van der Waals surface area contributed by atoms with Gasteiger partial charge >= 0.3 is 0 Å². The van der Waals surface area contributed by atoms with E-state index in [9.17, 15) is 0 Å². The van der Waals surface area contributed by atoms with Crippen molar-refractivity contribution in [3.63, 3.8) is 0 Å². The SMILES string of the molecule is CCNC(=NCCNC(C)(C)C)N(C)Cc1ccccc1.I. The van der Waals surface area contributed by atoms with E-state index in [1.54, 1.807) is 0 Å². The van der Waals surface area contributed by atoms with Crippen molar-refractivity contribution in [2.75, 3.05) is 26.7 Å². The maximum absolute atomic E-state index is 4.68. The molecule has 5 heteroatoms. The maximum atomic E-state index is 4.68. The van der Waals surface area contributed by atoms with E-state index in [2.05, 4.69) is 79.5 Å². The normalized spacial score (nSPS) is 11.8. The summed E-state index contributed by atoms with van der Waals surface area (Å²) in [5.41, 5.74) is 1.43. The molecule has 126 valence electrons. The fourth-order valence-electron chi connectivity index (χ4n) is 1.99. The summed E-state index contributed by atoms with van der Waals surface area (Å²) < 4.78 is 0. The number of nitrogens with zero attached hydrogens (tertiary/aromatic N) is 2. The predicted molar refractivity (Wildman–Crippen MR) is 107 cm³/mol. The fraction of sp³-hybridized carbons (Fsp3) is 0.588. The van der Waals surface area contributed by atoms with E-state index >= 15 is 0 Å². The van der Waals surface area contributed by atoms with Crippen molar-refractivity contribution in [2.45, 2.75) is 39.8 Å². The number of nitrogens with one attached hydrogen (secondary N) is 2. The van der Waals surface area contributed by atoms with Crippen LogP contribution in [0.1, 0.15) is 33.3 Å². The van der Waals surface area contributed by atoms with Gasteiger partial charge in [0.25, 0.3) is 0 Å². The molecule has 0 saturated heterocycles. The lowest BCUT2D eigenvalue weighted by molar-refractivity contribution is 0.430. The summed E-state index contributed by atoms with van der Waals surface area (Å²) >= 11 is 0. The first-order valence-electron chi connectivity index (χ1n) is 7.71. The molecule has 0 aromatic heterocycles. The second-order valence-electron chi connectivity index (χ2n) is 6.25. The number of guanidine groups is 1. The molecule has 0 heterocycles. The summed E-state index contributed by atoms with van der Waals surface area (Å²) in [4.78, 5) is 6.84. The zero-order chi connectivity index (χ0) is 15.7. The zero-order valence-corrected chi connectivity index (χ0v) is 16.8. The molecule has 0 spiro atoms. The Labute approximate surface area is 152 Å². The molecule has 0 bridgehead atoms. The lowest BCUT2D eigenvalue weighted by atomic mass is 10.1. The first-order chi connectivity index (χ1) is 9.92. The van der Waals surface area contributed by atoms with Gasteiger partial charge in [-0.1, -0.05) is 30.3 Å². The van der Waals surface area contributed by atoms with E-state index in [-0.39, 0.29) is 29.5 Å². The van der Waals surface area contributed by atoms with Gasteiger partial charge in [0, 0.05) is 32.2 Å². The lowest BCUT2D eigenvalue weighted by Gasteiger charge is -2.23. The number of rotatable bonds is 6. The van der Waals surface area contributed by atoms with Crippen molar-refractivity contribution in [3.05, 3.63) is 35.9 Å². The van der Waals surface area contributed by atoms with Crippen LogP contribution in [0.2, 0.25) is 0 Å². The average Bonchev–Trinajstić information content (AvgIpc) is 2.42. The Morgan fingerprint density at radius 3 is 2.36 bits per heavy atom. The first-order valence-corrected chi connectivity index (χ1v) is 7.71. The fourth-order valence-corrected chi connectivity index (χ4v) is 1.99. The van der Waals surface area contributed by atoms with Gasteiger partial charge < -0.3 is 15.5 Å². The highest BCUT2D eigenvalue weighted by Crippen LogP contribution is 2.03. The highest BCUT2D eigenvalue weighted by Gasteiger charge is 2.08. The van der Waals surface area contributed by atoms with E-state index in [1.165, 1.54) is 5.56 Å². The Morgan fingerprint density at radius 1 is 1.18 bits per heavy atom. The van der Waals surface area contributed by atoms with Crippen LogP contribution in [-0.2, 0) is 6.54 Å². The summed E-state index contributed by atoms with van der Waals surface area (Å²) in [5.74, 6) is 0.956. The van der Waals surface area contributed by atoms with E-state index in [4.69, 9.17) is 0 Å². The lowest BCUT2D eigenvalue weighted by Crippen LogP contribution is -2.40. The number of aliphatic imine (C=N–C) groups is 1. The summed E-state index contributed by atoms with van der Waals surface area (Å²) in [6, 6.07) is 10.5. The van der Waals surface area contributed by atoms with Crippen molar-refractivity contribution in [2.24, 2.45) is 4.99 Å².